The first-order valence-electron chi connectivity index (χ1n) is 4.33. The van der Waals surface area contributed by atoms with Crippen molar-refractivity contribution in [2.45, 2.75) is 13.8 Å². The standard InChI is InChI=1S/C10H8BrClN2S/c1-5-8(11)9(12)14-10(13-5)7-3-4-15-6(7)2/h3-4H,1-2H3. The lowest BCUT2D eigenvalue weighted by Gasteiger charge is -2.04. The quantitative estimate of drug-likeness (QED) is 0.737. The van der Waals surface area contributed by atoms with Gasteiger partial charge >= 0.3 is 0 Å². The summed E-state index contributed by atoms with van der Waals surface area (Å²) in [4.78, 5) is 9.85. The minimum absolute atomic E-state index is 0.461. The Morgan fingerprint density at radius 1 is 1.33 bits per heavy atom. The SMILES string of the molecule is Cc1nc(-c2ccsc2C)nc(Cl)c1Br. The van der Waals surface area contributed by atoms with Crippen molar-refractivity contribution in [3.05, 3.63) is 31.6 Å². The van der Waals surface area contributed by atoms with E-state index >= 15 is 0 Å². The van der Waals surface area contributed by atoms with E-state index in [-0.39, 0.29) is 0 Å². The van der Waals surface area contributed by atoms with Gasteiger partial charge in [0.15, 0.2) is 5.82 Å². The average molecular weight is 304 g/mol. The zero-order chi connectivity index (χ0) is 11.0. The van der Waals surface area contributed by atoms with Gasteiger partial charge in [0, 0.05) is 10.4 Å². The van der Waals surface area contributed by atoms with Crippen molar-refractivity contribution in [3.63, 3.8) is 0 Å². The average Bonchev–Trinajstić information content (AvgIpc) is 2.60. The summed E-state index contributed by atoms with van der Waals surface area (Å²) >= 11 is 11.0. The molecule has 0 aliphatic carbocycles. The number of hydrogen-bond donors (Lipinski definition) is 0. The molecule has 0 atom stereocenters. The molecule has 0 saturated carbocycles. The van der Waals surface area contributed by atoms with Gasteiger partial charge in [0.2, 0.25) is 0 Å². The van der Waals surface area contributed by atoms with Gasteiger partial charge in [0.1, 0.15) is 5.15 Å². The molecule has 0 spiro atoms. The third-order valence-electron chi connectivity index (χ3n) is 2.08. The van der Waals surface area contributed by atoms with Gasteiger partial charge in [-0.05, 0) is 41.2 Å². The van der Waals surface area contributed by atoms with Gasteiger partial charge in [0.25, 0.3) is 0 Å². The van der Waals surface area contributed by atoms with Crippen LogP contribution in [0.3, 0.4) is 0 Å². The van der Waals surface area contributed by atoms with E-state index in [2.05, 4.69) is 32.8 Å². The fourth-order valence-electron chi connectivity index (χ4n) is 1.26. The summed E-state index contributed by atoms with van der Waals surface area (Å²) in [5.41, 5.74) is 1.91. The molecule has 5 heteroatoms. The number of nitrogens with zero attached hydrogens (tertiary/aromatic N) is 2. The molecule has 0 fully saturated rings. The molecule has 78 valence electrons. The van der Waals surface area contributed by atoms with Gasteiger partial charge in [-0.3, -0.25) is 0 Å². The first kappa shape index (κ1) is 11.0. The fraction of sp³-hybridized carbons (Fsp3) is 0.200. The third-order valence-corrected chi connectivity index (χ3v) is 4.37. The van der Waals surface area contributed by atoms with Crippen molar-refractivity contribution in [3.8, 4) is 11.4 Å². The first-order chi connectivity index (χ1) is 7.09. The Kier molecular flexibility index (Phi) is 3.09. The molecule has 0 aliphatic rings. The topological polar surface area (TPSA) is 25.8 Å². The van der Waals surface area contributed by atoms with Crippen molar-refractivity contribution in [2.24, 2.45) is 0 Å². The molecule has 2 heterocycles. The predicted molar refractivity (Wildman–Crippen MR) is 67.5 cm³/mol. The van der Waals surface area contributed by atoms with Crippen LogP contribution >= 0.6 is 38.9 Å². The normalized spacial score (nSPS) is 10.7. The Morgan fingerprint density at radius 3 is 2.60 bits per heavy atom. The molecule has 0 N–H and O–H groups in total. The molecule has 2 aromatic heterocycles. The van der Waals surface area contributed by atoms with Crippen LogP contribution in [0, 0.1) is 13.8 Å². The van der Waals surface area contributed by atoms with Crippen LogP contribution in [0.25, 0.3) is 11.4 Å². The van der Waals surface area contributed by atoms with Crippen molar-refractivity contribution in [1.82, 2.24) is 9.97 Å². The van der Waals surface area contributed by atoms with Gasteiger partial charge in [-0.1, -0.05) is 11.6 Å². The van der Waals surface area contributed by atoms with E-state index in [0.717, 1.165) is 15.7 Å². The third kappa shape index (κ3) is 2.07. The zero-order valence-corrected chi connectivity index (χ0v) is 11.4. The number of rotatable bonds is 1. The second-order valence-electron chi connectivity index (χ2n) is 3.13. The Bertz CT molecular complexity index is 487. The van der Waals surface area contributed by atoms with Crippen LogP contribution in [0.2, 0.25) is 5.15 Å². The fourth-order valence-corrected chi connectivity index (χ4v) is 2.35. The molecule has 0 bridgehead atoms. The van der Waals surface area contributed by atoms with Crippen molar-refractivity contribution in [2.75, 3.05) is 0 Å². The summed E-state index contributed by atoms with van der Waals surface area (Å²) < 4.78 is 0.765. The lowest BCUT2D eigenvalue weighted by Crippen LogP contribution is -1.94. The highest BCUT2D eigenvalue weighted by atomic mass is 79.9. The van der Waals surface area contributed by atoms with Gasteiger partial charge in [-0.2, -0.15) is 0 Å². The Morgan fingerprint density at radius 2 is 2.07 bits per heavy atom. The Balaban J connectivity index is 2.60. The second kappa shape index (κ2) is 4.20. The summed E-state index contributed by atoms with van der Waals surface area (Å²) in [5, 5.41) is 2.49. The van der Waals surface area contributed by atoms with E-state index in [4.69, 9.17) is 11.6 Å². The summed E-state index contributed by atoms with van der Waals surface area (Å²) in [6.07, 6.45) is 0. The van der Waals surface area contributed by atoms with E-state index in [0.29, 0.717) is 11.0 Å². The molecular weight excluding hydrogens is 296 g/mol. The zero-order valence-electron chi connectivity index (χ0n) is 8.21. The van der Waals surface area contributed by atoms with Gasteiger partial charge in [-0.25, -0.2) is 9.97 Å². The maximum Gasteiger partial charge on any atom is 0.162 e. The molecular formula is C10H8BrClN2S. The number of aryl methyl sites for hydroxylation is 2. The van der Waals surface area contributed by atoms with E-state index in [1.807, 2.05) is 18.4 Å². The minimum Gasteiger partial charge on any atom is -0.232 e. The first-order valence-corrected chi connectivity index (χ1v) is 6.38. The van der Waals surface area contributed by atoms with Crippen LogP contribution in [0.4, 0.5) is 0 Å². The summed E-state index contributed by atoms with van der Waals surface area (Å²) in [6.45, 7) is 3.96. The molecule has 0 aromatic carbocycles. The minimum atomic E-state index is 0.461. The second-order valence-corrected chi connectivity index (χ2v) is 5.40. The van der Waals surface area contributed by atoms with E-state index < -0.39 is 0 Å². The highest BCUT2D eigenvalue weighted by Gasteiger charge is 2.11. The van der Waals surface area contributed by atoms with Crippen molar-refractivity contribution < 1.29 is 0 Å². The van der Waals surface area contributed by atoms with Crippen LogP contribution in [0.15, 0.2) is 15.9 Å². The number of halogens is 2. The van der Waals surface area contributed by atoms with Crippen molar-refractivity contribution >= 4 is 38.9 Å². The molecule has 2 aromatic rings. The smallest absolute Gasteiger partial charge is 0.162 e. The number of thiophene rings is 1. The van der Waals surface area contributed by atoms with Crippen LogP contribution in [-0.4, -0.2) is 9.97 Å². The van der Waals surface area contributed by atoms with Crippen LogP contribution in [0.5, 0.6) is 0 Å². The molecule has 2 rings (SSSR count). The maximum atomic E-state index is 5.99. The predicted octanol–water partition coefficient (Wildman–Crippen LogP) is 4.24. The maximum absolute atomic E-state index is 5.99. The molecule has 2 nitrogen and oxygen atoms in total. The van der Waals surface area contributed by atoms with Crippen LogP contribution in [0.1, 0.15) is 10.6 Å². The number of aromatic nitrogens is 2. The van der Waals surface area contributed by atoms with E-state index in [1.54, 1.807) is 11.3 Å². The Hall–Kier alpha value is -0.450. The Labute approximate surface area is 105 Å². The highest BCUT2D eigenvalue weighted by molar-refractivity contribution is 9.10. The highest BCUT2D eigenvalue weighted by Crippen LogP contribution is 2.29. The molecule has 15 heavy (non-hydrogen) atoms. The summed E-state index contributed by atoms with van der Waals surface area (Å²) in [6, 6.07) is 2.01. The van der Waals surface area contributed by atoms with E-state index in [1.165, 1.54) is 4.88 Å². The van der Waals surface area contributed by atoms with Gasteiger partial charge in [-0.15, -0.1) is 11.3 Å². The van der Waals surface area contributed by atoms with Crippen LogP contribution < -0.4 is 0 Å². The summed E-state index contributed by atoms with van der Waals surface area (Å²) in [5.74, 6) is 0.694. The lowest BCUT2D eigenvalue weighted by atomic mass is 10.2. The molecule has 0 saturated heterocycles. The van der Waals surface area contributed by atoms with Gasteiger partial charge < -0.3 is 0 Å². The number of hydrogen-bond acceptors (Lipinski definition) is 3. The lowest BCUT2D eigenvalue weighted by molar-refractivity contribution is 1.09. The van der Waals surface area contributed by atoms with E-state index in [9.17, 15) is 0 Å². The largest absolute Gasteiger partial charge is 0.232 e. The molecule has 0 unspecified atom stereocenters. The van der Waals surface area contributed by atoms with Crippen molar-refractivity contribution in [1.29, 1.82) is 0 Å². The van der Waals surface area contributed by atoms with Crippen LogP contribution in [-0.2, 0) is 0 Å². The van der Waals surface area contributed by atoms with Gasteiger partial charge in [0.05, 0.1) is 10.2 Å². The molecule has 0 amide bonds. The monoisotopic (exact) mass is 302 g/mol. The molecule has 0 aliphatic heterocycles. The molecule has 0 radical (unpaired) electrons. The summed E-state index contributed by atoms with van der Waals surface area (Å²) in [7, 11) is 0.